The average molecular weight is 278 g/mol. The molecule has 19 heavy (non-hydrogen) atoms. The summed E-state index contributed by atoms with van der Waals surface area (Å²) in [7, 11) is 0. The van der Waals surface area contributed by atoms with Gasteiger partial charge in [0.1, 0.15) is 11.6 Å². The Balaban J connectivity index is 1.57. The Morgan fingerprint density at radius 1 is 1.16 bits per heavy atom. The van der Waals surface area contributed by atoms with E-state index in [4.69, 9.17) is 0 Å². The molecule has 0 aromatic carbocycles. The average Bonchev–Trinajstić information content (AvgIpc) is 2.48. The van der Waals surface area contributed by atoms with Crippen LogP contribution in [0, 0.1) is 6.92 Å². The van der Waals surface area contributed by atoms with Crippen molar-refractivity contribution in [1.82, 2.24) is 14.9 Å². The van der Waals surface area contributed by atoms with Gasteiger partial charge in [-0.1, -0.05) is 0 Å². The van der Waals surface area contributed by atoms with E-state index >= 15 is 0 Å². The van der Waals surface area contributed by atoms with E-state index in [2.05, 4.69) is 31.5 Å². The lowest BCUT2D eigenvalue weighted by Gasteiger charge is -2.40. The number of anilines is 1. The zero-order valence-corrected chi connectivity index (χ0v) is 12.4. The van der Waals surface area contributed by atoms with Gasteiger partial charge >= 0.3 is 0 Å². The molecule has 0 radical (unpaired) electrons. The van der Waals surface area contributed by atoms with Crippen LogP contribution >= 0.6 is 11.8 Å². The molecule has 0 aliphatic carbocycles. The van der Waals surface area contributed by atoms with E-state index in [1.54, 1.807) is 0 Å². The number of aryl methyl sites for hydroxylation is 1. The highest BCUT2D eigenvalue weighted by molar-refractivity contribution is 7.99. The number of piperidine rings is 1. The molecule has 0 spiro atoms. The van der Waals surface area contributed by atoms with Crippen molar-refractivity contribution < 1.29 is 0 Å². The second-order valence-corrected chi connectivity index (χ2v) is 6.55. The van der Waals surface area contributed by atoms with Gasteiger partial charge in [-0.3, -0.25) is 4.90 Å². The molecule has 2 fully saturated rings. The first-order valence-corrected chi connectivity index (χ1v) is 8.35. The smallest absolute Gasteiger partial charge is 0.132 e. The molecule has 3 heterocycles. The first kappa shape index (κ1) is 13.2. The maximum atomic E-state index is 4.53. The maximum Gasteiger partial charge on any atom is 0.132 e. The largest absolute Gasteiger partial charge is 0.356 e. The van der Waals surface area contributed by atoms with Gasteiger partial charge in [0.2, 0.25) is 0 Å². The number of nitrogens with zero attached hydrogens (tertiary/aromatic N) is 4. The maximum absolute atomic E-state index is 4.53. The fraction of sp³-hybridized carbons (Fsp3) is 0.714. The molecule has 4 nitrogen and oxygen atoms in total. The normalized spacial score (nSPS) is 22.7. The molecular weight excluding hydrogens is 256 g/mol. The quantitative estimate of drug-likeness (QED) is 0.824. The number of rotatable bonds is 2. The van der Waals surface area contributed by atoms with Crippen molar-refractivity contribution in [1.29, 1.82) is 0 Å². The van der Waals surface area contributed by atoms with Crippen LogP contribution < -0.4 is 4.90 Å². The van der Waals surface area contributed by atoms with Crippen LogP contribution in [0.25, 0.3) is 0 Å². The third-order valence-corrected chi connectivity index (χ3v) is 5.05. The Labute approximate surface area is 119 Å². The van der Waals surface area contributed by atoms with Crippen molar-refractivity contribution in [3.63, 3.8) is 0 Å². The summed E-state index contributed by atoms with van der Waals surface area (Å²) in [5, 5.41) is 0. The third kappa shape index (κ3) is 3.20. The minimum absolute atomic E-state index is 0.792. The summed E-state index contributed by atoms with van der Waals surface area (Å²) < 4.78 is 0. The van der Waals surface area contributed by atoms with Gasteiger partial charge in [0.05, 0.1) is 0 Å². The molecule has 1 aromatic heterocycles. The highest BCUT2D eigenvalue weighted by Gasteiger charge is 2.26. The zero-order chi connectivity index (χ0) is 13.1. The molecular formula is C14H22N4S. The topological polar surface area (TPSA) is 32.3 Å². The van der Waals surface area contributed by atoms with Crippen molar-refractivity contribution in [3.05, 3.63) is 18.1 Å². The highest BCUT2D eigenvalue weighted by atomic mass is 32.2. The summed E-state index contributed by atoms with van der Waals surface area (Å²) in [6.45, 7) is 6.78. The monoisotopic (exact) mass is 278 g/mol. The molecule has 0 bridgehead atoms. The van der Waals surface area contributed by atoms with E-state index in [0.29, 0.717) is 0 Å². The second-order valence-electron chi connectivity index (χ2n) is 5.33. The standard InChI is InChI=1S/C14H22N4S/c1-12-15-5-2-14(16-12)18-6-3-13(4-7-18)17-8-10-19-11-9-17/h2,5,13H,3-4,6-11H2,1H3. The van der Waals surface area contributed by atoms with Crippen molar-refractivity contribution >= 4 is 17.6 Å². The van der Waals surface area contributed by atoms with Gasteiger partial charge in [-0.25, -0.2) is 9.97 Å². The third-order valence-electron chi connectivity index (χ3n) is 4.11. The van der Waals surface area contributed by atoms with Crippen molar-refractivity contribution in [3.8, 4) is 0 Å². The van der Waals surface area contributed by atoms with Gasteiger partial charge in [0.15, 0.2) is 0 Å². The molecule has 1 aromatic rings. The van der Waals surface area contributed by atoms with Crippen molar-refractivity contribution in [2.45, 2.75) is 25.8 Å². The van der Waals surface area contributed by atoms with E-state index in [0.717, 1.165) is 30.8 Å². The van der Waals surface area contributed by atoms with Crippen LogP contribution in [0.4, 0.5) is 5.82 Å². The number of hydrogen-bond acceptors (Lipinski definition) is 5. The second kappa shape index (κ2) is 6.09. The van der Waals surface area contributed by atoms with Crippen LogP contribution in [-0.4, -0.2) is 58.6 Å². The number of aromatic nitrogens is 2. The molecule has 2 aliphatic rings. The van der Waals surface area contributed by atoms with E-state index in [1.165, 1.54) is 37.4 Å². The molecule has 0 unspecified atom stereocenters. The lowest BCUT2D eigenvalue weighted by Crippen LogP contribution is -2.48. The predicted octanol–water partition coefficient (Wildman–Crippen LogP) is 1.80. The van der Waals surface area contributed by atoms with Gasteiger partial charge in [0.25, 0.3) is 0 Å². The van der Waals surface area contributed by atoms with Gasteiger partial charge in [-0.05, 0) is 25.8 Å². The molecule has 3 rings (SSSR count). The van der Waals surface area contributed by atoms with Crippen LogP contribution in [0.3, 0.4) is 0 Å². The van der Waals surface area contributed by atoms with E-state index in [1.807, 2.05) is 19.2 Å². The summed E-state index contributed by atoms with van der Waals surface area (Å²) in [4.78, 5) is 13.8. The molecule has 104 valence electrons. The van der Waals surface area contributed by atoms with Crippen LogP contribution in [0.1, 0.15) is 18.7 Å². The Morgan fingerprint density at radius 2 is 1.89 bits per heavy atom. The molecule has 0 amide bonds. The lowest BCUT2D eigenvalue weighted by atomic mass is 10.0. The minimum atomic E-state index is 0.792. The summed E-state index contributed by atoms with van der Waals surface area (Å²) >= 11 is 2.09. The van der Waals surface area contributed by atoms with Gasteiger partial charge < -0.3 is 4.90 Å². The Kier molecular flexibility index (Phi) is 4.23. The SMILES string of the molecule is Cc1nccc(N2CCC(N3CCSCC3)CC2)n1. The van der Waals surface area contributed by atoms with Crippen LogP contribution in [0.15, 0.2) is 12.3 Å². The van der Waals surface area contributed by atoms with Gasteiger partial charge in [0, 0.05) is 49.9 Å². The fourth-order valence-corrected chi connectivity index (χ4v) is 3.95. The molecule has 0 saturated carbocycles. The Hall–Kier alpha value is -0.810. The summed E-state index contributed by atoms with van der Waals surface area (Å²) in [6.07, 6.45) is 4.41. The van der Waals surface area contributed by atoms with Gasteiger partial charge in [-0.15, -0.1) is 0 Å². The van der Waals surface area contributed by atoms with E-state index in [-0.39, 0.29) is 0 Å². The minimum Gasteiger partial charge on any atom is -0.356 e. The van der Waals surface area contributed by atoms with Crippen molar-refractivity contribution in [2.75, 3.05) is 42.6 Å². The van der Waals surface area contributed by atoms with Crippen LogP contribution in [0.2, 0.25) is 0 Å². The van der Waals surface area contributed by atoms with Crippen LogP contribution in [0.5, 0.6) is 0 Å². The first-order chi connectivity index (χ1) is 9.33. The van der Waals surface area contributed by atoms with Crippen molar-refractivity contribution in [2.24, 2.45) is 0 Å². The molecule has 0 atom stereocenters. The molecule has 5 heteroatoms. The molecule has 2 saturated heterocycles. The number of thioether (sulfide) groups is 1. The predicted molar refractivity (Wildman–Crippen MR) is 80.9 cm³/mol. The van der Waals surface area contributed by atoms with Crippen LogP contribution in [-0.2, 0) is 0 Å². The highest BCUT2D eigenvalue weighted by Crippen LogP contribution is 2.23. The summed E-state index contributed by atoms with van der Waals surface area (Å²) in [5.41, 5.74) is 0. The Morgan fingerprint density at radius 3 is 2.58 bits per heavy atom. The van der Waals surface area contributed by atoms with E-state index < -0.39 is 0 Å². The van der Waals surface area contributed by atoms with Gasteiger partial charge in [-0.2, -0.15) is 11.8 Å². The zero-order valence-electron chi connectivity index (χ0n) is 11.6. The lowest BCUT2D eigenvalue weighted by molar-refractivity contribution is 0.185. The fourth-order valence-electron chi connectivity index (χ4n) is 3.02. The number of hydrogen-bond donors (Lipinski definition) is 0. The molecule has 2 aliphatic heterocycles. The molecule has 0 N–H and O–H groups in total. The summed E-state index contributed by atoms with van der Waals surface area (Å²) in [5.74, 6) is 4.59. The Bertz CT molecular complexity index is 412. The first-order valence-electron chi connectivity index (χ1n) is 7.19. The summed E-state index contributed by atoms with van der Waals surface area (Å²) in [6, 6.07) is 2.82. The van der Waals surface area contributed by atoms with E-state index in [9.17, 15) is 0 Å².